The van der Waals surface area contributed by atoms with Crippen molar-refractivity contribution < 1.29 is 4.74 Å². The Morgan fingerprint density at radius 3 is 1.77 bits per heavy atom. The van der Waals surface area contributed by atoms with Crippen LogP contribution in [0.3, 0.4) is 0 Å². The highest BCUT2D eigenvalue weighted by molar-refractivity contribution is 5.35. The molecule has 13 heavy (non-hydrogen) atoms. The minimum Gasteiger partial charge on any atom is -0.399 e. The van der Waals surface area contributed by atoms with Gasteiger partial charge < -0.3 is 10.5 Å². The van der Waals surface area contributed by atoms with E-state index in [1.165, 1.54) is 19.3 Å². The molecule has 1 saturated heterocycles. The van der Waals surface area contributed by atoms with Crippen LogP contribution < -0.4 is 5.73 Å². The standard InChI is InChI=1S/C6H7N.C5H10O/c7-6-4-2-1-3-5-6;1-2-4-6-5-3-1/h1-5H,7H2;1-5H2. The molecule has 0 aliphatic carbocycles. The molecule has 1 heterocycles. The quantitative estimate of drug-likeness (QED) is 0.621. The molecule has 2 N–H and O–H groups in total. The highest BCUT2D eigenvalue weighted by Gasteiger charge is 1.94. The summed E-state index contributed by atoms with van der Waals surface area (Å²) in [5.74, 6) is 0. The van der Waals surface area contributed by atoms with E-state index in [-0.39, 0.29) is 0 Å². The summed E-state index contributed by atoms with van der Waals surface area (Å²) in [6.07, 6.45) is 3.93. The second-order valence-corrected chi connectivity index (χ2v) is 3.08. The first-order valence-corrected chi connectivity index (χ1v) is 4.78. The van der Waals surface area contributed by atoms with E-state index in [1.54, 1.807) is 0 Å². The Labute approximate surface area is 79.7 Å². The van der Waals surface area contributed by atoms with Crippen LogP contribution in [0.15, 0.2) is 30.3 Å². The molecular weight excluding hydrogens is 162 g/mol. The van der Waals surface area contributed by atoms with Crippen LogP contribution in [-0.2, 0) is 4.74 Å². The molecule has 1 aliphatic rings. The Hall–Kier alpha value is -1.02. The van der Waals surface area contributed by atoms with Crippen LogP contribution in [0, 0.1) is 0 Å². The first-order valence-electron chi connectivity index (χ1n) is 4.78. The molecule has 0 bridgehead atoms. The highest BCUT2D eigenvalue weighted by Crippen LogP contribution is 2.02. The summed E-state index contributed by atoms with van der Waals surface area (Å²) in [6.45, 7) is 2.00. The Balaban J connectivity index is 0.000000132. The lowest BCUT2D eigenvalue weighted by atomic mass is 10.2. The van der Waals surface area contributed by atoms with Crippen molar-refractivity contribution in [3.8, 4) is 0 Å². The van der Waals surface area contributed by atoms with Crippen molar-refractivity contribution in [3.63, 3.8) is 0 Å². The normalized spacial score (nSPS) is 15.7. The molecule has 1 aliphatic heterocycles. The van der Waals surface area contributed by atoms with Gasteiger partial charge >= 0.3 is 0 Å². The lowest BCUT2D eigenvalue weighted by molar-refractivity contribution is 0.0968. The van der Waals surface area contributed by atoms with Gasteiger partial charge in [-0.1, -0.05) is 18.2 Å². The monoisotopic (exact) mass is 179 g/mol. The molecule has 1 fully saturated rings. The molecule has 0 atom stereocenters. The minimum atomic E-state index is 0.822. The number of hydrogen-bond donors (Lipinski definition) is 1. The molecule has 2 nitrogen and oxygen atoms in total. The average molecular weight is 179 g/mol. The van der Waals surface area contributed by atoms with E-state index < -0.39 is 0 Å². The van der Waals surface area contributed by atoms with Gasteiger partial charge in [-0.05, 0) is 31.4 Å². The van der Waals surface area contributed by atoms with Gasteiger partial charge in [0, 0.05) is 18.9 Å². The Morgan fingerprint density at radius 1 is 0.923 bits per heavy atom. The first kappa shape index (κ1) is 10.1. The van der Waals surface area contributed by atoms with Crippen molar-refractivity contribution in [1.82, 2.24) is 0 Å². The van der Waals surface area contributed by atoms with Crippen LogP contribution >= 0.6 is 0 Å². The van der Waals surface area contributed by atoms with Crippen LogP contribution in [-0.4, -0.2) is 13.2 Å². The molecule has 72 valence electrons. The van der Waals surface area contributed by atoms with Gasteiger partial charge in [0.15, 0.2) is 0 Å². The number of nitrogen functional groups attached to an aromatic ring is 1. The van der Waals surface area contributed by atoms with Crippen molar-refractivity contribution in [1.29, 1.82) is 0 Å². The summed E-state index contributed by atoms with van der Waals surface area (Å²) in [4.78, 5) is 0. The third kappa shape index (κ3) is 5.26. The van der Waals surface area contributed by atoms with E-state index in [1.807, 2.05) is 30.3 Å². The molecular formula is C11H17NO. The van der Waals surface area contributed by atoms with Gasteiger partial charge in [0.2, 0.25) is 0 Å². The van der Waals surface area contributed by atoms with Gasteiger partial charge in [0.25, 0.3) is 0 Å². The van der Waals surface area contributed by atoms with Crippen LogP contribution in [0.5, 0.6) is 0 Å². The van der Waals surface area contributed by atoms with E-state index in [0.717, 1.165) is 18.9 Å². The fourth-order valence-electron chi connectivity index (χ4n) is 1.14. The van der Waals surface area contributed by atoms with E-state index >= 15 is 0 Å². The van der Waals surface area contributed by atoms with Crippen molar-refractivity contribution in [2.24, 2.45) is 0 Å². The predicted molar refractivity (Wildman–Crippen MR) is 55.5 cm³/mol. The molecule has 0 saturated carbocycles. The van der Waals surface area contributed by atoms with E-state index in [0.29, 0.717) is 0 Å². The number of anilines is 1. The summed E-state index contributed by atoms with van der Waals surface area (Å²) in [6, 6.07) is 9.49. The second-order valence-electron chi connectivity index (χ2n) is 3.08. The Kier molecular flexibility index (Phi) is 5.02. The van der Waals surface area contributed by atoms with E-state index in [2.05, 4.69) is 0 Å². The SMILES string of the molecule is C1CCOCC1.Nc1ccccc1. The van der Waals surface area contributed by atoms with Gasteiger partial charge in [0.1, 0.15) is 0 Å². The zero-order valence-electron chi connectivity index (χ0n) is 7.91. The van der Waals surface area contributed by atoms with Crippen LogP contribution in [0.25, 0.3) is 0 Å². The fraction of sp³-hybridized carbons (Fsp3) is 0.455. The largest absolute Gasteiger partial charge is 0.399 e. The lowest BCUT2D eigenvalue weighted by Crippen LogP contribution is -2.03. The molecule has 1 aromatic carbocycles. The van der Waals surface area contributed by atoms with Crippen LogP contribution in [0.4, 0.5) is 5.69 Å². The zero-order valence-corrected chi connectivity index (χ0v) is 7.91. The molecule has 2 rings (SSSR count). The van der Waals surface area contributed by atoms with Gasteiger partial charge in [-0.25, -0.2) is 0 Å². The third-order valence-corrected chi connectivity index (χ3v) is 1.88. The summed E-state index contributed by atoms with van der Waals surface area (Å²) in [5.41, 5.74) is 6.18. The minimum absolute atomic E-state index is 0.822. The maximum absolute atomic E-state index is 5.36. The number of benzene rings is 1. The number of rotatable bonds is 0. The number of nitrogens with two attached hydrogens (primary N) is 1. The maximum Gasteiger partial charge on any atom is 0.0466 e. The molecule has 0 amide bonds. The third-order valence-electron chi connectivity index (χ3n) is 1.88. The smallest absolute Gasteiger partial charge is 0.0466 e. The molecule has 0 unspecified atom stereocenters. The van der Waals surface area contributed by atoms with Crippen molar-refractivity contribution in [2.75, 3.05) is 18.9 Å². The second kappa shape index (κ2) is 6.49. The van der Waals surface area contributed by atoms with Crippen molar-refractivity contribution >= 4 is 5.69 Å². The predicted octanol–water partition coefficient (Wildman–Crippen LogP) is 2.46. The van der Waals surface area contributed by atoms with Gasteiger partial charge in [-0.2, -0.15) is 0 Å². The molecule has 0 radical (unpaired) electrons. The number of para-hydroxylation sites is 1. The Morgan fingerprint density at radius 2 is 1.54 bits per heavy atom. The van der Waals surface area contributed by atoms with E-state index in [9.17, 15) is 0 Å². The van der Waals surface area contributed by atoms with Gasteiger partial charge in [-0.3, -0.25) is 0 Å². The molecule has 1 aromatic rings. The summed E-state index contributed by atoms with van der Waals surface area (Å²) < 4.78 is 5.07. The van der Waals surface area contributed by atoms with Gasteiger partial charge in [-0.15, -0.1) is 0 Å². The topological polar surface area (TPSA) is 35.2 Å². The number of hydrogen-bond acceptors (Lipinski definition) is 2. The van der Waals surface area contributed by atoms with E-state index in [4.69, 9.17) is 10.5 Å². The summed E-state index contributed by atoms with van der Waals surface area (Å²) in [5, 5.41) is 0. The van der Waals surface area contributed by atoms with Crippen LogP contribution in [0.1, 0.15) is 19.3 Å². The van der Waals surface area contributed by atoms with Crippen molar-refractivity contribution in [2.45, 2.75) is 19.3 Å². The molecule has 2 heteroatoms. The zero-order chi connectivity index (χ0) is 9.36. The lowest BCUT2D eigenvalue weighted by Gasteiger charge is -2.08. The van der Waals surface area contributed by atoms with Gasteiger partial charge in [0.05, 0.1) is 0 Å². The van der Waals surface area contributed by atoms with Crippen LogP contribution in [0.2, 0.25) is 0 Å². The fourth-order valence-corrected chi connectivity index (χ4v) is 1.14. The first-order chi connectivity index (χ1) is 6.39. The molecule has 0 spiro atoms. The molecule has 0 aromatic heterocycles. The summed E-state index contributed by atoms with van der Waals surface area (Å²) in [7, 11) is 0. The maximum atomic E-state index is 5.36. The average Bonchev–Trinajstić information content (AvgIpc) is 2.22. The Bertz CT molecular complexity index is 195. The highest BCUT2D eigenvalue weighted by atomic mass is 16.5. The van der Waals surface area contributed by atoms with Crippen molar-refractivity contribution in [3.05, 3.63) is 30.3 Å². The summed E-state index contributed by atoms with van der Waals surface area (Å²) >= 11 is 0. The number of ether oxygens (including phenoxy) is 1.